The molecule has 2 aromatic heterocycles. The van der Waals surface area contributed by atoms with Crippen molar-refractivity contribution in [2.75, 3.05) is 26.0 Å². The minimum Gasteiger partial charge on any atom is -0.464 e. The lowest BCUT2D eigenvalue weighted by molar-refractivity contribution is -0.172. The number of rotatable bonds is 16. The van der Waals surface area contributed by atoms with Crippen LogP contribution >= 0.6 is 8.09 Å². The molecular weight excluding hydrogens is 755 g/mol. The van der Waals surface area contributed by atoms with Gasteiger partial charge < -0.3 is 24.7 Å². The van der Waals surface area contributed by atoms with Crippen molar-refractivity contribution in [1.82, 2.24) is 19.7 Å². The van der Waals surface area contributed by atoms with E-state index >= 15 is 0 Å². The van der Waals surface area contributed by atoms with E-state index in [1.54, 1.807) is 52.0 Å². The molecule has 4 N–H and O–H groups in total. The lowest BCUT2D eigenvalue weighted by Crippen LogP contribution is -2.48. The molecule has 4 rings (SSSR count). The van der Waals surface area contributed by atoms with Crippen LogP contribution in [0.4, 0.5) is 5.82 Å². The molecule has 16 nitrogen and oxygen atoms in total. The number of nitrogens with two attached hydrogens (primary N) is 1. The van der Waals surface area contributed by atoms with Crippen LogP contribution < -0.4 is 15.3 Å². The smallest absolute Gasteiger partial charge is 0.464 e. The van der Waals surface area contributed by atoms with Crippen molar-refractivity contribution in [3.63, 3.8) is 0 Å². The van der Waals surface area contributed by atoms with Crippen LogP contribution in [0.2, 0.25) is 0 Å². The Kier molecular flexibility index (Phi) is 14.5. The molecule has 6 atom stereocenters. The maximum atomic E-state index is 13.4. The summed E-state index contributed by atoms with van der Waals surface area (Å²) in [6, 6.07) is 9.39. The number of esters is 3. The van der Waals surface area contributed by atoms with E-state index in [0.29, 0.717) is 17.6 Å². The molecule has 0 aliphatic carbocycles. The molecule has 0 saturated carbocycles. The van der Waals surface area contributed by atoms with Gasteiger partial charge >= 0.3 is 26.0 Å². The van der Waals surface area contributed by atoms with E-state index in [2.05, 4.69) is 40.9 Å². The van der Waals surface area contributed by atoms with Crippen molar-refractivity contribution in [1.29, 1.82) is 0 Å². The number of hydrogen-bond acceptors (Lipinski definition) is 15. The quantitative estimate of drug-likeness (QED) is 0.0680. The molecule has 1 unspecified atom stereocenters. The fraction of sp³-hybridized carbons (Fsp3) is 0.600. The average Bonchev–Trinajstić information content (AvgIpc) is 3.67. The van der Waals surface area contributed by atoms with Gasteiger partial charge in [0.25, 0.3) is 0 Å². The summed E-state index contributed by atoms with van der Waals surface area (Å²) in [5, 5.41) is 7.23. The van der Waals surface area contributed by atoms with E-state index in [4.69, 9.17) is 33.7 Å². The summed E-state index contributed by atoms with van der Waals surface area (Å²) in [5.41, 5.74) is 6.02. The Labute approximate surface area is 335 Å². The highest BCUT2D eigenvalue weighted by molar-refractivity contribution is 7.59. The van der Waals surface area contributed by atoms with E-state index < -0.39 is 74.4 Å². The van der Waals surface area contributed by atoms with Gasteiger partial charge in [-0.15, -0.1) is 0 Å². The normalized spacial score (nSPS) is 21.8. The standard InChI is InChI=1S/C40H60N6O10P/c1-24(2)35(47)53-32-30(55-40(22-42-12,33(32)54-36(48)25(3)4)31-18-17-29-34(41)43-23-44-46(29)31)21-52-57(50,45-26(5)37(49)51-20-19-38(6,7)8)56-28-15-13-27(14-16-28)39(9,10)11/h13-18,22-26,30,32-33,45,50H,19-21H2,1-12H3,(H2,41,43,44)/q+1/t26-,30+,32+,33+,40-,57?/m0/s1. The molecule has 3 heterocycles. The number of fused-ring (bicyclic) bond motifs is 1. The summed E-state index contributed by atoms with van der Waals surface area (Å²) in [5.74, 6) is -2.58. The molecule has 57 heavy (non-hydrogen) atoms. The number of ether oxygens (including phenoxy) is 4. The van der Waals surface area contributed by atoms with Crippen molar-refractivity contribution in [3.05, 3.63) is 54.0 Å². The first-order valence-electron chi connectivity index (χ1n) is 19.1. The van der Waals surface area contributed by atoms with Crippen LogP contribution in [-0.4, -0.2) is 88.2 Å². The second kappa shape index (κ2) is 18.2. The number of nitrogens with one attached hydrogen (secondary N) is 1. The third kappa shape index (κ3) is 11.3. The fourth-order valence-electron chi connectivity index (χ4n) is 5.90. The predicted molar refractivity (Wildman–Crippen MR) is 216 cm³/mol. The van der Waals surface area contributed by atoms with Gasteiger partial charge in [-0.25, -0.2) is 9.50 Å². The molecule has 1 aromatic carbocycles. The third-order valence-electron chi connectivity index (χ3n) is 9.25. The van der Waals surface area contributed by atoms with Crippen molar-refractivity contribution < 1.29 is 47.3 Å². The van der Waals surface area contributed by atoms with Crippen LogP contribution in [0.5, 0.6) is 5.75 Å². The van der Waals surface area contributed by atoms with Crippen LogP contribution in [0, 0.1) is 17.3 Å². The minimum absolute atomic E-state index is 0.0707. The van der Waals surface area contributed by atoms with Crippen molar-refractivity contribution in [2.45, 2.75) is 118 Å². The van der Waals surface area contributed by atoms with Gasteiger partial charge in [0.1, 0.15) is 30.6 Å². The summed E-state index contributed by atoms with van der Waals surface area (Å²) in [7, 11) is -2.72. The second-order valence-electron chi connectivity index (χ2n) is 17.1. The van der Waals surface area contributed by atoms with Crippen LogP contribution in [0.3, 0.4) is 0 Å². The maximum Gasteiger partial charge on any atom is 0.544 e. The lowest BCUT2D eigenvalue weighted by Gasteiger charge is -2.32. The van der Waals surface area contributed by atoms with Gasteiger partial charge in [-0.05, 0) is 54.0 Å². The maximum absolute atomic E-state index is 13.4. The van der Waals surface area contributed by atoms with Crippen molar-refractivity contribution in [2.24, 2.45) is 22.2 Å². The minimum atomic E-state index is -4.23. The highest BCUT2D eigenvalue weighted by atomic mass is 31.2. The molecule has 314 valence electrons. The molecule has 1 saturated heterocycles. The topological polar surface area (TPSA) is 207 Å². The molecule has 1 fully saturated rings. The molecule has 1 aliphatic rings. The Bertz CT molecular complexity index is 1890. The van der Waals surface area contributed by atoms with Crippen LogP contribution in [0.15, 0.2) is 47.7 Å². The highest BCUT2D eigenvalue weighted by Crippen LogP contribution is 2.54. The number of aromatic nitrogens is 3. The third-order valence-corrected chi connectivity index (χ3v) is 10.9. The molecule has 17 heteroatoms. The van der Waals surface area contributed by atoms with E-state index in [-0.39, 0.29) is 29.0 Å². The number of nitrogens with zero attached hydrogens (tertiary/aromatic N) is 4. The van der Waals surface area contributed by atoms with Gasteiger partial charge in [0.05, 0.1) is 24.1 Å². The van der Waals surface area contributed by atoms with Crippen LogP contribution in [0.1, 0.15) is 93.8 Å². The Morgan fingerprint density at radius 2 is 1.63 bits per heavy atom. The first-order valence-corrected chi connectivity index (χ1v) is 20.7. The Balaban J connectivity index is 1.79. The van der Waals surface area contributed by atoms with E-state index in [1.807, 2.05) is 32.9 Å². The molecule has 0 spiro atoms. The largest absolute Gasteiger partial charge is 0.544 e. The van der Waals surface area contributed by atoms with Gasteiger partial charge in [0.2, 0.25) is 0 Å². The van der Waals surface area contributed by atoms with Gasteiger partial charge in [-0.1, -0.05) is 86.5 Å². The number of carbonyl (C=O) groups excluding carboxylic acids is 3. The Morgan fingerprint density at radius 1 is 1.00 bits per heavy atom. The first kappa shape index (κ1) is 45.5. The summed E-state index contributed by atoms with van der Waals surface area (Å²) in [6.45, 7) is 20.2. The van der Waals surface area contributed by atoms with E-state index in [0.717, 1.165) is 5.56 Å². The number of nitrogen functional groups attached to an aromatic ring is 1. The molecule has 3 aromatic rings. The van der Waals surface area contributed by atoms with Gasteiger partial charge in [-0.2, -0.15) is 14.5 Å². The van der Waals surface area contributed by atoms with Crippen molar-refractivity contribution in [3.8, 4) is 5.75 Å². The Hall–Kier alpha value is -4.21. The molecule has 0 radical (unpaired) electrons. The monoisotopic (exact) mass is 815 g/mol. The van der Waals surface area contributed by atoms with Crippen LogP contribution in [-0.2, 0) is 48.9 Å². The van der Waals surface area contributed by atoms with Gasteiger partial charge in [0, 0.05) is 13.3 Å². The zero-order valence-corrected chi connectivity index (χ0v) is 36.0. The summed E-state index contributed by atoms with van der Waals surface area (Å²) >= 11 is 0. The first-order chi connectivity index (χ1) is 26.5. The average molecular weight is 816 g/mol. The number of aliphatic imine (C=N–C) groups is 1. The number of carbonyl (C=O) groups is 3. The van der Waals surface area contributed by atoms with Crippen LogP contribution in [0.25, 0.3) is 5.52 Å². The van der Waals surface area contributed by atoms with E-state index in [1.165, 1.54) is 31.0 Å². The zero-order chi connectivity index (χ0) is 42.5. The Morgan fingerprint density at radius 3 is 2.21 bits per heavy atom. The summed E-state index contributed by atoms with van der Waals surface area (Å²) in [4.78, 5) is 60.5. The molecule has 0 amide bonds. The molecule has 1 aliphatic heterocycles. The van der Waals surface area contributed by atoms with E-state index in [9.17, 15) is 19.3 Å². The predicted octanol–water partition coefficient (Wildman–Crippen LogP) is 5.76. The SMILES string of the molecule is CN=C[C@@]1(c2ccc3c(N)ncnn23)O[C@H](CO[P+](O)(N[C@@H](C)C(=O)OCCC(C)(C)C)Oc2ccc(C(C)(C)C)cc2)[C@@H](OC(=O)C(C)C)[C@H]1OC(=O)C(C)C. The zero-order valence-electron chi connectivity index (χ0n) is 35.1. The van der Waals surface area contributed by atoms with Gasteiger partial charge in [0.15, 0.2) is 29.4 Å². The number of anilines is 1. The highest BCUT2D eigenvalue weighted by Gasteiger charge is 2.62. The van der Waals surface area contributed by atoms with Crippen molar-refractivity contribution >= 4 is 43.6 Å². The molecular formula is C40H60N6O10P+. The fourth-order valence-corrected chi connectivity index (χ4v) is 7.43. The summed E-state index contributed by atoms with van der Waals surface area (Å²) < 4.78 is 38.4. The number of hydrogen-bond donors (Lipinski definition) is 3. The van der Waals surface area contributed by atoms with Gasteiger partial charge in [-0.3, -0.25) is 23.9 Å². The lowest BCUT2D eigenvalue weighted by atomic mass is 9.87. The number of benzene rings is 1. The summed E-state index contributed by atoms with van der Waals surface area (Å²) in [6.07, 6.45) is -0.568. The molecule has 0 bridgehead atoms. The second-order valence-corrected chi connectivity index (χ2v) is 18.8.